The van der Waals surface area contributed by atoms with Gasteiger partial charge in [0.05, 0.1) is 0 Å². The fraction of sp³-hybridized carbons (Fsp3) is 1.00. The summed E-state index contributed by atoms with van der Waals surface area (Å²) in [7, 11) is 0. The fourth-order valence-electron chi connectivity index (χ4n) is 1.85. The molecular formula is C14H30BrN. The van der Waals surface area contributed by atoms with Gasteiger partial charge in [-0.25, -0.2) is 0 Å². The molecule has 0 radical (unpaired) electrons. The number of unbranched alkanes of at least 4 members (excludes halogenated alkanes) is 8. The van der Waals surface area contributed by atoms with Gasteiger partial charge in [-0.05, 0) is 32.4 Å². The minimum absolute atomic E-state index is 1.16. The van der Waals surface area contributed by atoms with Gasteiger partial charge >= 0.3 is 0 Å². The molecule has 0 unspecified atom stereocenters. The molecule has 0 aromatic rings. The zero-order valence-corrected chi connectivity index (χ0v) is 12.7. The molecule has 0 spiro atoms. The Kier molecular flexibility index (Phi) is 15.9. The van der Waals surface area contributed by atoms with Gasteiger partial charge in [-0.3, -0.25) is 0 Å². The van der Waals surface area contributed by atoms with Crippen LogP contribution in [0.2, 0.25) is 0 Å². The second-order valence-electron chi connectivity index (χ2n) is 4.62. The van der Waals surface area contributed by atoms with Crippen molar-refractivity contribution in [3.8, 4) is 0 Å². The van der Waals surface area contributed by atoms with Crippen LogP contribution in [-0.2, 0) is 0 Å². The van der Waals surface area contributed by atoms with Crippen LogP contribution in [0.1, 0.15) is 71.1 Å². The van der Waals surface area contributed by atoms with Crippen molar-refractivity contribution in [1.82, 2.24) is 5.32 Å². The van der Waals surface area contributed by atoms with Crippen LogP contribution < -0.4 is 5.32 Å². The Morgan fingerprint density at radius 1 is 0.688 bits per heavy atom. The molecule has 0 heterocycles. The van der Waals surface area contributed by atoms with E-state index in [0.717, 1.165) is 5.33 Å². The minimum Gasteiger partial charge on any atom is -0.317 e. The van der Waals surface area contributed by atoms with Gasteiger partial charge in [-0.1, -0.05) is 67.8 Å². The highest BCUT2D eigenvalue weighted by molar-refractivity contribution is 9.09. The summed E-state index contributed by atoms with van der Waals surface area (Å²) in [5, 5.41) is 4.71. The van der Waals surface area contributed by atoms with Crippen LogP contribution in [0.25, 0.3) is 0 Å². The molecular weight excluding hydrogens is 262 g/mol. The number of hydrogen-bond donors (Lipinski definition) is 1. The van der Waals surface area contributed by atoms with E-state index in [1.165, 1.54) is 77.3 Å². The summed E-state index contributed by atoms with van der Waals surface area (Å²) in [6.45, 7) is 4.72. The second-order valence-corrected chi connectivity index (χ2v) is 5.41. The predicted molar refractivity (Wildman–Crippen MR) is 78.5 cm³/mol. The summed E-state index contributed by atoms with van der Waals surface area (Å²) in [5.74, 6) is 0. The van der Waals surface area contributed by atoms with Crippen LogP contribution in [0.15, 0.2) is 0 Å². The lowest BCUT2D eigenvalue weighted by molar-refractivity contribution is 0.552. The van der Waals surface area contributed by atoms with E-state index >= 15 is 0 Å². The molecule has 0 saturated heterocycles. The van der Waals surface area contributed by atoms with Gasteiger partial charge in [0.1, 0.15) is 0 Å². The highest BCUT2D eigenvalue weighted by Crippen LogP contribution is 2.04. The van der Waals surface area contributed by atoms with Crippen LogP contribution in [-0.4, -0.2) is 18.4 Å². The number of halogens is 1. The van der Waals surface area contributed by atoms with Crippen molar-refractivity contribution in [1.29, 1.82) is 0 Å². The number of alkyl halides is 1. The molecule has 0 aliphatic rings. The lowest BCUT2D eigenvalue weighted by atomic mass is 10.1. The van der Waals surface area contributed by atoms with Crippen LogP contribution in [0, 0.1) is 0 Å². The van der Waals surface area contributed by atoms with Crippen molar-refractivity contribution in [3.63, 3.8) is 0 Å². The first-order chi connectivity index (χ1) is 7.91. The lowest BCUT2D eigenvalue weighted by Crippen LogP contribution is -2.16. The van der Waals surface area contributed by atoms with E-state index in [-0.39, 0.29) is 0 Å². The Morgan fingerprint density at radius 3 is 1.75 bits per heavy atom. The third-order valence-electron chi connectivity index (χ3n) is 2.94. The molecule has 0 atom stereocenters. The topological polar surface area (TPSA) is 12.0 Å². The third-order valence-corrected chi connectivity index (χ3v) is 3.51. The number of hydrogen-bond acceptors (Lipinski definition) is 1. The molecule has 0 amide bonds. The largest absolute Gasteiger partial charge is 0.317 e. The van der Waals surface area contributed by atoms with Crippen molar-refractivity contribution < 1.29 is 0 Å². The van der Waals surface area contributed by atoms with Gasteiger partial charge in [0, 0.05) is 5.33 Å². The first-order valence-corrected chi connectivity index (χ1v) is 8.30. The normalized spacial score (nSPS) is 10.9. The predicted octanol–water partition coefficient (Wildman–Crippen LogP) is 4.89. The van der Waals surface area contributed by atoms with E-state index in [1.807, 2.05) is 0 Å². The molecule has 0 rings (SSSR count). The SMILES string of the molecule is CCCCCCCCNCCCCCCBr. The Morgan fingerprint density at radius 2 is 1.19 bits per heavy atom. The van der Waals surface area contributed by atoms with Crippen molar-refractivity contribution >= 4 is 15.9 Å². The molecule has 1 N–H and O–H groups in total. The summed E-state index contributed by atoms with van der Waals surface area (Å²) in [5.41, 5.74) is 0. The number of rotatable bonds is 13. The maximum Gasteiger partial charge on any atom is 0.00313 e. The summed E-state index contributed by atoms with van der Waals surface area (Å²) < 4.78 is 0. The van der Waals surface area contributed by atoms with Gasteiger partial charge < -0.3 is 5.32 Å². The van der Waals surface area contributed by atoms with E-state index in [9.17, 15) is 0 Å². The lowest BCUT2D eigenvalue weighted by Gasteiger charge is -2.04. The van der Waals surface area contributed by atoms with Crippen LogP contribution in [0.5, 0.6) is 0 Å². The van der Waals surface area contributed by atoms with Gasteiger partial charge in [0.2, 0.25) is 0 Å². The van der Waals surface area contributed by atoms with Crippen LogP contribution in [0.4, 0.5) is 0 Å². The van der Waals surface area contributed by atoms with Crippen molar-refractivity contribution in [2.45, 2.75) is 71.1 Å². The van der Waals surface area contributed by atoms with E-state index in [0.29, 0.717) is 0 Å². The van der Waals surface area contributed by atoms with Crippen LogP contribution >= 0.6 is 15.9 Å². The zero-order chi connectivity index (χ0) is 11.9. The molecule has 0 fully saturated rings. The summed E-state index contributed by atoms with van der Waals surface area (Å²) in [6.07, 6.45) is 13.9. The zero-order valence-electron chi connectivity index (χ0n) is 11.1. The van der Waals surface area contributed by atoms with Crippen molar-refractivity contribution in [2.75, 3.05) is 18.4 Å². The molecule has 0 aromatic carbocycles. The molecule has 0 saturated carbocycles. The molecule has 98 valence electrons. The molecule has 0 bridgehead atoms. The first kappa shape index (κ1) is 16.4. The molecule has 0 aliphatic carbocycles. The fourth-order valence-corrected chi connectivity index (χ4v) is 2.25. The highest BCUT2D eigenvalue weighted by Gasteiger charge is 1.91. The second kappa shape index (κ2) is 15.4. The van der Waals surface area contributed by atoms with E-state index in [1.54, 1.807) is 0 Å². The van der Waals surface area contributed by atoms with Gasteiger partial charge in [-0.15, -0.1) is 0 Å². The van der Waals surface area contributed by atoms with Crippen LogP contribution in [0.3, 0.4) is 0 Å². The van der Waals surface area contributed by atoms with Crippen molar-refractivity contribution in [2.24, 2.45) is 0 Å². The minimum atomic E-state index is 1.16. The van der Waals surface area contributed by atoms with Gasteiger partial charge in [-0.2, -0.15) is 0 Å². The maximum atomic E-state index is 3.54. The van der Waals surface area contributed by atoms with Gasteiger partial charge in [0.25, 0.3) is 0 Å². The molecule has 0 aliphatic heterocycles. The Hall–Kier alpha value is 0.440. The maximum absolute atomic E-state index is 3.54. The summed E-state index contributed by atoms with van der Waals surface area (Å²) in [4.78, 5) is 0. The Bertz CT molecular complexity index is 103. The highest BCUT2D eigenvalue weighted by atomic mass is 79.9. The third kappa shape index (κ3) is 14.4. The molecule has 2 heteroatoms. The quantitative estimate of drug-likeness (QED) is 0.376. The standard InChI is InChI=1S/C14H30BrN/c1-2-3-4-5-7-10-13-16-14-11-8-6-9-12-15/h16H,2-14H2,1H3. The molecule has 16 heavy (non-hydrogen) atoms. The van der Waals surface area contributed by atoms with Gasteiger partial charge in [0.15, 0.2) is 0 Å². The monoisotopic (exact) mass is 291 g/mol. The molecule has 0 aromatic heterocycles. The first-order valence-electron chi connectivity index (χ1n) is 7.18. The van der Waals surface area contributed by atoms with E-state index < -0.39 is 0 Å². The average molecular weight is 292 g/mol. The summed E-state index contributed by atoms with van der Waals surface area (Å²) >= 11 is 3.46. The number of nitrogens with one attached hydrogen (secondary N) is 1. The van der Waals surface area contributed by atoms with Crippen molar-refractivity contribution in [3.05, 3.63) is 0 Å². The summed E-state index contributed by atoms with van der Waals surface area (Å²) in [6, 6.07) is 0. The Balaban J connectivity index is 2.83. The van der Waals surface area contributed by atoms with E-state index in [2.05, 4.69) is 28.2 Å². The average Bonchev–Trinajstić information content (AvgIpc) is 2.31. The van der Waals surface area contributed by atoms with E-state index in [4.69, 9.17) is 0 Å². The smallest absolute Gasteiger partial charge is 0.00313 e. The molecule has 1 nitrogen and oxygen atoms in total. The Labute approximate surface area is 111 Å².